The van der Waals surface area contributed by atoms with Crippen LogP contribution in [-0.4, -0.2) is 18.4 Å². The van der Waals surface area contributed by atoms with Crippen LogP contribution in [0.1, 0.15) is 60.3 Å². The molecule has 1 rings (SSSR count). The first-order chi connectivity index (χ1) is 9.19. The molecular formula is C17H28O3. The van der Waals surface area contributed by atoms with Gasteiger partial charge in [0.1, 0.15) is 0 Å². The summed E-state index contributed by atoms with van der Waals surface area (Å²) in [6.07, 6.45) is 7.10. The van der Waals surface area contributed by atoms with Crippen molar-refractivity contribution in [2.24, 2.45) is 16.7 Å². The van der Waals surface area contributed by atoms with Gasteiger partial charge in [0.15, 0.2) is 12.4 Å². The molecule has 0 aromatic heterocycles. The predicted octanol–water partition coefficient (Wildman–Crippen LogP) is 3.92. The van der Waals surface area contributed by atoms with E-state index >= 15 is 0 Å². The second-order valence-electron chi connectivity index (χ2n) is 7.03. The van der Waals surface area contributed by atoms with Gasteiger partial charge < -0.3 is 4.74 Å². The molecule has 0 radical (unpaired) electrons. The first-order valence-electron chi connectivity index (χ1n) is 7.55. The van der Waals surface area contributed by atoms with E-state index in [1.807, 2.05) is 13.0 Å². The Bertz CT molecular complexity index is 393. The maximum atomic E-state index is 12.4. The third kappa shape index (κ3) is 3.94. The number of esters is 1. The lowest BCUT2D eigenvalue weighted by Gasteiger charge is -2.36. The van der Waals surface area contributed by atoms with Crippen LogP contribution in [0, 0.1) is 16.7 Å². The van der Waals surface area contributed by atoms with Crippen molar-refractivity contribution in [2.45, 2.75) is 60.3 Å². The SMILES string of the molecule is CC(C)CCCC(=O)OCC(=O)[C@@]1(C)CC=CC1(C)C. The summed E-state index contributed by atoms with van der Waals surface area (Å²) < 4.78 is 5.14. The molecule has 3 heteroatoms. The molecule has 1 aliphatic rings. The van der Waals surface area contributed by atoms with Crippen LogP contribution in [-0.2, 0) is 14.3 Å². The Morgan fingerprint density at radius 2 is 1.90 bits per heavy atom. The van der Waals surface area contributed by atoms with E-state index in [0.717, 1.165) is 19.3 Å². The number of ketones is 1. The Labute approximate surface area is 122 Å². The van der Waals surface area contributed by atoms with Gasteiger partial charge in [0.2, 0.25) is 0 Å². The summed E-state index contributed by atoms with van der Waals surface area (Å²) in [4.78, 5) is 24.0. The monoisotopic (exact) mass is 280 g/mol. The molecule has 114 valence electrons. The Kier molecular flexibility index (Phi) is 5.55. The van der Waals surface area contributed by atoms with Crippen molar-refractivity contribution in [2.75, 3.05) is 6.61 Å². The molecule has 0 aliphatic heterocycles. The second-order valence-corrected chi connectivity index (χ2v) is 7.03. The van der Waals surface area contributed by atoms with E-state index in [1.165, 1.54) is 0 Å². The minimum Gasteiger partial charge on any atom is -0.458 e. The summed E-state index contributed by atoms with van der Waals surface area (Å²) >= 11 is 0. The zero-order chi connectivity index (χ0) is 15.4. The summed E-state index contributed by atoms with van der Waals surface area (Å²) in [6, 6.07) is 0. The standard InChI is InChI=1S/C17H28O3/c1-13(2)8-6-9-15(19)20-12-14(18)17(5)11-7-10-16(17,3)4/h7,10,13H,6,8-9,11-12H2,1-5H3/t17-/m1/s1. The molecule has 20 heavy (non-hydrogen) atoms. The van der Waals surface area contributed by atoms with Gasteiger partial charge in [-0.1, -0.05) is 53.2 Å². The number of hydrogen-bond donors (Lipinski definition) is 0. The van der Waals surface area contributed by atoms with Gasteiger partial charge >= 0.3 is 5.97 Å². The fourth-order valence-corrected chi connectivity index (χ4v) is 2.54. The van der Waals surface area contributed by atoms with Crippen LogP contribution in [0.25, 0.3) is 0 Å². The van der Waals surface area contributed by atoms with Crippen LogP contribution in [0.15, 0.2) is 12.2 Å². The average molecular weight is 280 g/mol. The van der Waals surface area contributed by atoms with Crippen molar-refractivity contribution in [3.8, 4) is 0 Å². The lowest BCUT2D eigenvalue weighted by atomic mass is 9.66. The first kappa shape index (κ1) is 16.9. The molecule has 1 atom stereocenters. The van der Waals surface area contributed by atoms with Gasteiger partial charge in [-0.2, -0.15) is 0 Å². The van der Waals surface area contributed by atoms with Crippen LogP contribution in [0.5, 0.6) is 0 Å². The van der Waals surface area contributed by atoms with Crippen molar-refractivity contribution in [3.63, 3.8) is 0 Å². The number of Topliss-reactive ketones (excluding diaryl/α,β-unsaturated/α-hetero) is 1. The number of carbonyl (C=O) groups is 2. The Balaban J connectivity index is 2.39. The normalized spacial score (nSPS) is 24.1. The van der Waals surface area contributed by atoms with E-state index in [0.29, 0.717) is 12.3 Å². The number of hydrogen-bond acceptors (Lipinski definition) is 3. The molecule has 0 aromatic carbocycles. The maximum absolute atomic E-state index is 12.4. The molecule has 1 aliphatic carbocycles. The van der Waals surface area contributed by atoms with Crippen LogP contribution in [0.3, 0.4) is 0 Å². The van der Waals surface area contributed by atoms with Crippen molar-refractivity contribution < 1.29 is 14.3 Å². The molecule has 0 bridgehead atoms. The maximum Gasteiger partial charge on any atom is 0.306 e. The summed E-state index contributed by atoms with van der Waals surface area (Å²) in [7, 11) is 0. The molecular weight excluding hydrogens is 252 g/mol. The fourth-order valence-electron chi connectivity index (χ4n) is 2.54. The highest BCUT2D eigenvalue weighted by molar-refractivity contribution is 5.89. The molecule has 0 unspecified atom stereocenters. The van der Waals surface area contributed by atoms with Crippen LogP contribution < -0.4 is 0 Å². The van der Waals surface area contributed by atoms with E-state index in [9.17, 15) is 9.59 Å². The molecule has 0 aromatic rings. The predicted molar refractivity (Wildman–Crippen MR) is 80.3 cm³/mol. The van der Waals surface area contributed by atoms with Gasteiger partial charge in [-0.15, -0.1) is 0 Å². The highest BCUT2D eigenvalue weighted by atomic mass is 16.5. The Morgan fingerprint density at radius 1 is 1.25 bits per heavy atom. The second kappa shape index (κ2) is 6.55. The fraction of sp³-hybridized carbons (Fsp3) is 0.765. The van der Waals surface area contributed by atoms with E-state index in [2.05, 4.69) is 33.8 Å². The lowest BCUT2D eigenvalue weighted by Crippen LogP contribution is -2.40. The topological polar surface area (TPSA) is 43.4 Å². The lowest BCUT2D eigenvalue weighted by molar-refractivity contribution is -0.152. The van der Waals surface area contributed by atoms with Crippen molar-refractivity contribution in [1.29, 1.82) is 0 Å². The van der Waals surface area contributed by atoms with E-state index in [1.54, 1.807) is 0 Å². The summed E-state index contributed by atoms with van der Waals surface area (Å²) in [5.41, 5.74) is -0.626. The van der Waals surface area contributed by atoms with E-state index in [4.69, 9.17) is 4.74 Å². The molecule has 3 nitrogen and oxygen atoms in total. The van der Waals surface area contributed by atoms with Crippen LogP contribution in [0.2, 0.25) is 0 Å². The number of ether oxygens (including phenoxy) is 1. The van der Waals surface area contributed by atoms with Gasteiger partial charge in [-0.25, -0.2) is 0 Å². The summed E-state index contributed by atoms with van der Waals surface area (Å²) in [6.45, 7) is 10.2. The molecule has 0 spiro atoms. The highest BCUT2D eigenvalue weighted by Crippen LogP contribution is 2.48. The summed E-state index contributed by atoms with van der Waals surface area (Å²) in [5, 5.41) is 0. The molecule has 0 heterocycles. The first-order valence-corrected chi connectivity index (χ1v) is 7.55. The van der Waals surface area contributed by atoms with E-state index < -0.39 is 5.41 Å². The zero-order valence-electron chi connectivity index (χ0n) is 13.5. The molecule has 0 saturated carbocycles. The molecule has 0 fully saturated rings. The number of rotatable bonds is 7. The minimum atomic E-state index is -0.453. The highest BCUT2D eigenvalue weighted by Gasteiger charge is 2.47. The van der Waals surface area contributed by atoms with Crippen molar-refractivity contribution in [3.05, 3.63) is 12.2 Å². The third-order valence-corrected chi connectivity index (χ3v) is 4.62. The Morgan fingerprint density at radius 3 is 2.40 bits per heavy atom. The van der Waals surface area contributed by atoms with Gasteiger partial charge in [-0.3, -0.25) is 9.59 Å². The third-order valence-electron chi connectivity index (χ3n) is 4.62. The Hall–Kier alpha value is -1.12. The molecule has 0 N–H and O–H groups in total. The van der Waals surface area contributed by atoms with Gasteiger partial charge in [0.05, 0.1) is 0 Å². The van der Waals surface area contributed by atoms with Gasteiger partial charge in [-0.05, 0) is 24.2 Å². The van der Waals surface area contributed by atoms with Gasteiger partial charge in [0, 0.05) is 11.8 Å². The van der Waals surface area contributed by atoms with Crippen molar-refractivity contribution in [1.82, 2.24) is 0 Å². The van der Waals surface area contributed by atoms with Crippen LogP contribution in [0.4, 0.5) is 0 Å². The minimum absolute atomic E-state index is 0.0182. The largest absolute Gasteiger partial charge is 0.458 e. The molecule has 0 saturated heterocycles. The quantitative estimate of drug-likeness (QED) is 0.524. The van der Waals surface area contributed by atoms with Gasteiger partial charge in [0.25, 0.3) is 0 Å². The summed E-state index contributed by atoms with van der Waals surface area (Å²) in [5.74, 6) is 0.352. The number of allylic oxidation sites excluding steroid dienone is 2. The van der Waals surface area contributed by atoms with Crippen molar-refractivity contribution >= 4 is 11.8 Å². The number of carbonyl (C=O) groups excluding carboxylic acids is 2. The van der Waals surface area contributed by atoms with E-state index in [-0.39, 0.29) is 23.8 Å². The zero-order valence-corrected chi connectivity index (χ0v) is 13.5. The smallest absolute Gasteiger partial charge is 0.306 e. The average Bonchev–Trinajstić information content (AvgIpc) is 2.61. The molecule has 0 amide bonds. The van der Waals surface area contributed by atoms with Crippen LogP contribution >= 0.6 is 0 Å².